The molecule has 1 N–H and O–H groups in total. The summed E-state index contributed by atoms with van der Waals surface area (Å²) in [6.45, 7) is 4.45. The van der Waals surface area contributed by atoms with Crippen molar-refractivity contribution < 1.29 is 0 Å². The van der Waals surface area contributed by atoms with Crippen LogP contribution in [-0.4, -0.2) is 18.6 Å². The van der Waals surface area contributed by atoms with Gasteiger partial charge >= 0.3 is 0 Å². The minimum Gasteiger partial charge on any atom is -0.368 e. The van der Waals surface area contributed by atoms with E-state index >= 15 is 0 Å². The first-order valence-corrected chi connectivity index (χ1v) is 8.94. The molecule has 0 bridgehead atoms. The van der Waals surface area contributed by atoms with Crippen LogP contribution < -0.4 is 10.2 Å². The molecular weight excluding hydrogens is 280 g/mol. The molecule has 1 aromatic rings. The van der Waals surface area contributed by atoms with Crippen LogP contribution in [-0.2, 0) is 6.54 Å². The molecule has 1 atom stereocenters. The monoisotopic (exact) mass is 306 g/mol. The van der Waals surface area contributed by atoms with Gasteiger partial charge in [0.1, 0.15) is 0 Å². The van der Waals surface area contributed by atoms with Crippen molar-refractivity contribution in [2.24, 2.45) is 0 Å². The number of nitrogens with one attached hydrogen (secondary N) is 1. The van der Waals surface area contributed by atoms with Crippen LogP contribution in [0.4, 0.5) is 5.69 Å². The fourth-order valence-corrected chi connectivity index (χ4v) is 3.66. The molecule has 3 heteroatoms. The molecule has 2 nitrogen and oxygen atoms in total. The van der Waals surface area contributed by atoms with Gasteiger partial charge < -0.3 is 10.2 Å². The highest BCUT2D eigenvalue weighted by Crippen LogP contribution is 2.32. The van der Waals surface area contributed by atoms with Crippen LogP contribution in [0.5, 0.6) is 0 Å². The highest BCUT2D eigenvalue weighted by molar-refractivity contribution is 6.30. The molecule has 1 saturated heterocycles. The lowest BCUT2D eigenvalue weighted by Crippen LogP contribution is -2.40. The average Bonchev–Trinajstić information content (AvgIpc) is 3.31. The van der Waals surface area contributed by atoms with Crippen LogP contribution in [0.2, 0.25) is 5.02 Å². The van der Waals surface area contributed by atoms with Gasteiger partial charge in [-0.25, -0.2) is 0 Å². The lowest BCUT2D eigenvalue weighted by atomic mass is 9.96. The molecule has 2 fully saturated rings. The van der Waals surface area contributed by atoms with E-state index in [4.69, 9.17) is 11.6 Å². The second-order valence-corrected chi connectivity index (χ2v) is 7.00. The Morgan fingerprint density at radius 2 is 2.10 bits per heavy atom. The van der Waals surface area contributed by atoms with Gasteiger partial charge in [0, 0.05) is 35.9 Å². The maximum Gasteiger partial charge on any atom is 0.0415 e. The zero-order valence-corrected chi connectivity index (χ0v) is 13.8. The number of halogens is 1. The van der Waals surface area contributed by atoms with Gasteiger partial charge in [-0.05, 0) is 62.3 Å². The van der Waals surface area contributed by atoms with Gasteiger partial charge in [0.2, 0.25) is 0 Å². The van der Waals surface area contributed by atoms with E-state index in [1.54, 1.807) is 0 Å². The van der Waals surface area contributed by atoms with Gasteiger partial charge in [0.05, 0.1) is 0 Å². The first-order chi connectivity index (χ1) is 10.3. The van der Waals surface area contributed by atoms with Crippen molar-refractivity contribution in [2.45, 2.75) is 70.5 Å². The number of benzene rings is 1. The third-order valence-electron chi connectivity index (χ3n) is 4.76. The summed E-state index contributed by atoms with van der Waals surface area (Å²) in [5, 5.41) is 4.50. The van der Waals surface area contributed by atoms with Crippen LogP contribution in [0.1, 0.15) is 57.4 Å². The third-order valence-corrected chi connectivity index (χ3v) is 4.99. The fraction of sp³-hybridized carbons (Fsp3) is 0.667. The summed E-state index contributed by atoms with van der Waals surface area (Å²) in [5.74, 6) is 0. The quantitative estimate of drug-likeness (QED) is 0.816. The van der Waals surface area contributed by atoms with Gasteiger partial charge in [0.25, 0.3) is 0 Å². The first-order valence-electron chi connectivity index (χ1n) is 8.56. The number of nitrogens with zero attached hydrogens (tertiary/aromatic N) is 1. The topological polar surface area (TPSA) is 15.3 Å². The second-order valence-electron chi connectivity index (χ2n) is 6.56. The van der Waals surface area contributed by atoms with Crippen LogP contribution in [0.3, 0.4) is 0 Å². The van der Waals surface area contributed by atoms with E-state index in [1.807, 2.05) is 0 Å². The van der Waals surface area contributed by atoms with E-state index in [0.717, 1.165) is 17.6 Å². The second kappa shape index (κ2) is 7.02. The maximum atomic E-state index is 6.24. The lowest BCUT2D eigenvalue weighted by Gasteiger charge is -2.39. The lowest BCUT2D eigenvalue weighted by molar-refractivity contribution is 0.433. The molecule has 0 radical (unpaired) electrons. The SMILES string of the molecule is CCCC1CCCCN1c1ccc(Cl)cc1CNC1CC1. The summed E-state index contributed by atoms with van der Waals surface area (Å²) in [7, 11) is 0. The normalized spacial score (nSPS) is 22.6. The van der Waals surface area contributed by atoms with Crippen LogP contribution in [0, 0.1) is 0 Å². The summed E-state index contributed by atoms with van der Waals surface area (Å²) in [5.41, 5.74) is 2.78. The molecule has 3 rings (SSSR count). The maximum absolute atomic E-state index is 6.24. The Balaban J connectivity index is 1.80. The average molecular weight is 307 g/mol. The summed E-state index contributed by atoms with van der Waals surface area (Å²) >= 11 is 6.24. The minimum atomic E-state index is 0.713. The van der Waals surface area contributed by atoms with Crippen molar-refractivity contribution in [3.8, 4) is 0 Å². The highest BCUT2D eigenvalue weighted by atomic mass is 35.5. The van der Waals surface area contributed by atoms with E-state index in [0.29, 0.717) is 6.04 Å². The van der Waals surface area contributed by atoms with Crippen molar-refractivity contribution in [3.63, 3.8) is 0 Å². The minimum absolute atomic E-state index is 0.713. The Hall–Kier alpha value is -0.730. The molecule has 1 aliphatic heterocycles. The standard InChI is InChI=1S/C18H27ClN2/c1-2-5-17-6-3-4-11-21(17)18-10-7-15(19)12-14(18)13-20-16-8-9-16/h7,10,12,16-17,20H,2-6,8-9,11,13H2,1H3. The molecule has 0 spiro atoms. The Morgan fingerprint density at radius 3 is 2.86 bits per heavy atom. The third kappa shape index (κ3) is 3.92. The number of piperidine rings is 1. The molecule has 0 amide bonds. The Kier molecular flexibility index (Phi) is 5.07. The summed E-state index contributed by atoms with van der Waals surface area (Å²) < 4.78 is 0. The molecule has 1 heterocycles. The Bertz CT molecular complexity index is 468. The predicted molar refractivity (Wildman–Crippen MR) is 91.2 cm³/mol. The molecule has 1 unspecified atom stereocenters. The summed E-state index contributed by atoms with van der Waals surface area (Å²) in [6.07, 6.45) is 9.27. The van der Waals surface area contributed by atoms with E-state index in [9.17, 15) is 0 Å². The fourth-order valence-electron chi connectivity index (χ4n) is 3.47. The number of hydrogen-bond donors (Lipinski definition) is 1. The molecular formula is C18H27ClN2. The van der Waals surface area contributed by atoms with Gasteiger partial charge in [-0.1, -0.05) is 24.9 Å². The van der Waals surface area contributed by atoms with Gasteiger partial charge in [-0.3, -0.25) is 0 Å². The van der Waals surface area contributed by atoms with Gasteiger partial charge in [-0.15, -0.1) is 0 Å². The summed E-state index contributed by atoms with van der Waals surface area (Å²) in [4.78, 5) is 2.65. The number of anilines is 1. The zero-order chi connectivity index (χ0) is 14.7. The number of hydrogen-bond acceptors (Lipinski definition) is 2. The van der Waals surface area contributed by atoms with Crippen molar-refractivity contribution in [3.05, 3.63) is 28.8 Å². The van der Waals surface area contributed by atoms with E-state index in [-0.39, 0.29) is 0 Å². The smallest absolute Gasteiger partial charge is 0.0415 e. The van der Waals surface area contributed by atoms with Crippen LogP contribution in [0.15, 0.2) is 18.2 Å². The van der Waals surface area contributed by atoms with Crippen molar-refractivity contribution in [1.82, 2.24) is 5.32 Å². The van der Waals surface area contributed by atoms with Crippen LogP contribution in [0.25, 0.3) is 0 Å². The largest absolute Gasteiger partial charge is 0.368 e. The summed E-state index contributed by atoms with van der Waals surface area (Å²) in [6, 6.07) is 7.90. The van der Waals surface area contributed by atoms with E-state index in [1.165, 1.54) is 62.7 Å². The molecule has 21 heavy (non-hydrogen) atoms. The predicted octanol–water partition coefficient (Wildman–Crippen LogP) is 4.75. The Labute approximate surface area is 133 Å². The van der Waals surface area contributed by atoms with Crippen molar-refractivity contribution in [1.29, 1.82) is 0 Å². The van der Waals surface area contributed by atoms with Crippen LogP contribution >= 0.6 is 11.6 Å². The highest BCUT2D eigenvalue weighted by Gasteiger charge is 2.25. The van der Waals surface area contributed by atoms with Crippen molar-refractivity contribution >= 4 is 17.3 Å². The molecule has 1 aliphatic carbocycles. The molecule has 1 aromatic carbocycles. The number of rotatable bonds is 6. The molecule has 116 valence electrons. The first kappa shape index (κ1) is 15.2. The van der Waals surface area contributed by atoms with Gasteiger partial charge in [-0.2, -0.15) is 0 Å². The van der Waals surface area contributed by atoms with E-state index in [2.05, 4.69) is 35.3 Å². The molecule has 0 aromatic heterocycles. The Morgan fingerprint density at radius 1 is 1.24 bits per heavy atom. The zero-order valence-electron chi connectivity index (χ0n) is 13.1. The molecule has 2 aliphatic rings. The van der Waals surface area contributed by atoms with Gasteiger partial charge in [0.15, 0.2) is 0 Å². The van der Waals surface area contributed by atoms with Crippen molar-refractivity contribution in [2.75, 3.05) is 11.4 Å². The molecule has 1 saturated carbocycles. The van der Waals surface area contributed by atoms with E-state index < -0.39 is 0 Å².